The van der Waals surface area contributed by atoms with E-state index >= 15 is 0 Å². The molecule has 39 heavy (non-hydrogen) atoms. The Morgan fingerprint density at radius 3 is 2.31 bits per heavy atom. The maximum Gasteiger partial charge on any atom is 0.183 e. The topological polar surface area (TPSA) is 21.7 Å². The van der Waals surface area contributed by atoms with Crippen LogP contribution >= 0.6 is 0 Å². The number of rotatable bonds is 5. The molecule has 3 aromatic rings. The van der Waals surface area contributed by atoms with Crippen LogP contribution < -0.4 is 9.64 Å². The summed E-state index contributed by atoms with van der Waals surface area (Å²) < 4.78 is 13.4. The van der Waals surface area contributed by atoms with Crippen LogP contribution in [0.25, 0.3) is 6.08 Å². The fraction of sp³-hybridized carbons (Fsp3) is 0.167. The van der Waals surface area contributed by atoms with Crippen molar-refractivity contribution in [2.45, 2.75) is 31.7 Å². The zero-order valence-electron chi connectivity index (χ0n) is 22.0. The third kappa shape index (κ3) is 4.44. The highest BCUT2D eigenvalue weighted by atomic mass is 16.6. The van der Waals surface area contributed by atoms with E-state index in [1.165, 1.54) is 22.3 Å². The summed E-state index contributed by atoms with van der Waals surface area (Å²) in [5.41, 5.74) is 6.55. The average molecular weight is 510 g/mol. The van der Waals surface area contributed by atoms with E-state index in [0.29, 0.717) is 0 Å². The Kier molecular flexibility index (Phi) is 5.85. The van der Waals surface area contributed by atoms with Crippen LogP contribution in [0.3, 0.4) is 0 Å². The highest BCUT2D eigenvalue weighted by Crippen LogP contribution is 2.45. The molecule has 3 nitrogen and oxygen atoms in total. The minimum absolute atomic E-state index is 0.164. The molecule has 0 bridgehead atoms. The highest BCUT2D eigenvalue weighted by molar-refractivity contribution is 5.68. The molecule has 0 aromatic heterocycles. The Hall–Kier alpha value is -4.50. The lowest BCUT2D eigenvalue weighted by molar-refractivity contribution is -0.00947. The summed E-state index contributed by atoms with van der Waals surface area (Å²) in [4.78, 5) is 2.41. The van der Waals surface area contributed by atoms with Crippen molar-refractivity contribution >= 4 is 11.8 Å². The molecule has 3 heteroatoms. The molecular weight excluding hydrogens is 478 g/mol. The van der Waals surface area contributed by atoms with E-state index in [1.807, 2.05) is 0 Å². The molecule has 4 aliphatic rings. The van der Waals surface area contributed by atoms with Crippen LogP contribution in [0.4, 0.5) is 5.69 Å². The molecule has 192 valence electrons. The first-order chi connectivity index (χ1) is 19.2. The molecule has 2 aliphatic heterocycles. The Morgan fingerprint density at radius 1 is 0.821 bits per heavy atom. The second-order valence-electron chi connectivity index (χ2n) is 10.6. The number of hydrogen-bond donors (Lipinski definition) is 0. The van der Waals surface area contributed by atoms with E-state index in [0.717, 1.165) is 35.8 Å². The van der Waals surface area contributed by atoms with Gasteiger partial charge in [-0.3, -0.25) is 0 Å². The van der Waals surface area contributed by atoms with Gasteiger partial charge in [0.25, 0.3) is 0 Å². The van der Waals surface area contributed by atoms with Crippen LogP contribution in [0.1, 0.15) is 23.6 Å². The van der Waals surface area contributed by atoms with Crippen LogP contribution in [-0.2, 0) is 17.8 Å². The largest absolute Gasteiger partial charge is 0.486 e. The summed E-state index contributed by atoms with van der Waals surface area (Å²) in [5, 5.41) is 0. The van der Waals surface area contributed by atoms with Gasteiger partial charge in [0.05, 0.1) is 0 Å². The zero-order valence-corrected chi connectivity index (χ0v) is 22.0. The van der Waals surface area contributed by atoms with Gasteiger partial charge in [-0.1, -0.05) is 97.1 Å². The van der Waals surface area contributed by atoms with E-state index in [9.17, 15) is 0 Å². The summed E-state index contributed by atoms with van der Waals surface area (Å²) in [7, 11) is 0. The lowest BCUT2D eigenvalue weighted by Gasteiger charge is -2.43. The SMILES string of the molecule is CC1OC2=CC=C3C=CC=CC3C2=CC12C=Cc1ccc(N(Cc3ccccc3)Cc3ccccc3)cc1O2. The van der Waals surface area contributed by atoms with Crippen molar-refractivity contribution in [2.24, 2.45) is 5.92 Å². The number of fused-ring (bicyclic) bond motifs is 4. The monoisotopic (exact) mass is 509 g/mol. The molecule has 0 fully saturated rings. The molecule has 0 saturated heterocycles. The highest BCUT2D eigenvalue weighted by Gasteiger charge is 2.44. The van der Waals surface area contributed by atoms with Gasteiger partial charge in [-0.2, -0.15) is 0 Å². The van der Waals surface area contributed by atoms with Crippen molar-refractivity contribution in [3.05, 3.63) is 161 Å². The Balaban J connectivity index is 1.23. The number of anilines is 1. The Labute approximate surface area is 230 Å². The van der Waals surface area contributed by atoms with Gasteiger partial charge in [-0.05, 0) is 54.0 Å². The quantitative estimate of drug-likeness (QED) is 0.348. The van der Waals surface area contributed by atoms with Crippen LogP contribution in [0, 0.1) is 5.92 Å². The third-order valence-corrected chi connectivity index (χ3v) is 8.03. The van der Waals surface area contributed by atoms with E-state index in [2.05, 4.69) is 145 Å². The van der Waals surface area contributed by atoms with Crippen molar-refractivity contribution in [1.82, 2.24) is 0 Å². The van der Waals surface area contributed by atoms with Crippen molar-refractivity contribution in [2.75, 3.05) is 4.90 Å². The van der Waals surface area contributed by atoms with Crippen LogP contribution in [0.15, 0.2) is 144 Å². The fourth-order valence-corrected chi connectivity index (χ4v) is 5.86. The van der Waals surface area contributed by atoms with E-state index in [1.54, 1.807) is 0 Å². The number of benzene rings is 3. The smallest absolute Gasteiger partial charge is 0.183 e. The number of ether oxygens (including phenoxy) is 2. The van der Waals surface area contributed by atoms with Gasteiger partial charge in [-0.15, -0.1) is 0 Å². The van der Waals surface area contributed by atoms with Crippen molar-refractivity contribution in [3.8, 4) is 5.75 Å². The van der Waals surface area contributed by atoms with Gasteiger partial charge < -0.3 is 14.4 Å². The molecule has 0 saturated carbocycles. The Morgan fingerprint density at radius 2 is 1.56 bits per heavy atom. The summed E-state index contributed by atoms with van der Waals surface area (Å²) in [6, 6.07) is 27.8. The fourth-order valence-electron chi connectivity index (χ4n) is 5.86. The third-order valence-electron chi connectivity index (χ3n) is 8.03. The lowest BCUT2D eigenvalue weighted by atomic mass is 9.78. The van der Waals surface area contributed by atoms with Gasteiger partial charge in [0.2, 0.25) is 0 Å². The van der Waals surface area contributed by atoms with Gasteiger partial charge in [0.1, 0.15) is 17.6 Å². The first-order valence-corrected chi connectivity index (χ1v) is 13.7. The summed E-state index contributed by atoms with van der Waals surface area (Å²) in [5.74, 6) is 2.01. The minimum atomic E-state index is -0.667. The maximum atomic E-state index is 6.89. The van der Waals surface area contributed by atoms with Crippen molar-refractivity contribution in [3.63, 3.8) is 0 Å². The number of hydrogen-bond acceptors (Lipinski definition) is 3. The second kappa shape index (κ2) is 9.67. The van der Waals surface area contributed by atoms with Gasteiger partial charge >= 0.3 is 0 Å². The second-order valence-corrected chi connectivity index (χ2v) is 10.6. The standard InChI is InChI=1S/C36H31NO2/c1-26-36(23-33-32-15-9-8-14-29(32)17-19-34(33)38-26)21-20-30-16-18-31(22-35(30)39-36)37(24-27-10-4-2-5-11-27)25-28-12-6-3-7-13-28/h2-23,26,32H,24-25H2,1H3. The summed E-state index contributed by atoms with van der Waals surface area (Å²) in [6.45, 7) is 3.72. The van der Waals surface area contributed by atoms with E-state index < -0.39 is 5.60 Å². The van der Waals surface area contributed by atoms with Gasteiger partial charge in [0, 0.05) is 41.9 Å². The molecule has 7 rings (SSSR count). The average Bonchev–Trinajstić information content (AvgIpc) is 2.98. The molecule has 3 atom stereocenters. The predicted octanol–water partition coefficient (Wildman–Crippen LogP) is 7.95. The van der Waals surface area contributed by atoms with Gasteiger partial charge in [-0.25, -0.2) is 0 Å². The van der Waals surface area contributed by atoms with Crippen LogP contribution in [0.5, 0.6) is 5.75 Å². The van der Waals surface area contributed by atoms with Crippen LogP contribution in [0.2, 0.25) is 0 Å². The molecule has 2 heterocycles. The molecule has 3 aromatic carbocycles. The maximum absolute atomic E-state index is 6.89. The van der Waals surface area contributed by atoms with E-state index in [-0.39, 0.29) is 12.0 Å². The summed E-state index contributed by atoms with van der Waals surface area (Å²) in [6.07, 6.45) is 19.3. The molecule has 0 amide bonds. The van der Waals surface area contributed by atoms with Crippen molar-refractivity contribution < 1.29 is 9.47 Å². The normalized spacial score (nSPS) is 23.9. The number of nitrogens with zero attached hydrogens (tertiary/aromatic N) is 1. The molecule has 0 N–H and O–H groups in total. The van der Waals surface area contributed by atoms with Crippen LogP contribution in [-0.4, -0.2) is 11.7 Å². The molecule has 2 aliphatic carbocycles. The van der Waals surface area contributed by atoms with Crippen molar-refractivity contribution in [1.29, 1.82) is 0 Å². The first-order valence-electron chi connectivity index (χ1n) is 13.7. The molecule has 0 radical (unpaired) electrons. The Bertz CT molecular complexity index is 1530. The molecule has 1 spiro atoms. The predicted molar refractivity (Wildman–Crippen MR) is 158 cm³/mol. The minimum Gasteiger partial charge on any atom is -0.486 e. The van der Waals surface area contributed by atoms with Gasteiger partial charge in [0.15, 0.2) is 5.60 Å². The molecule has 3 unspecified atom stereocenters. The first kappa shape index (κ1) is 23.6. The zero-order chi connectivity index (χ0) is 26.2. The molecular formula is C36H31NO2. The van der Waals surface area contributed by atoms with E-state index in [4.69, 9.17) is 9.47 Å². The lowest BCUT2D eigenvalue weighted by Crippen LogP contribution is -2.48. The number of allylic oxidation sites excluding steroid dienone is 8. The summed E-state index contributed by atoms with van der Waals surface area (Å²) >= 11 is 0.